The quantitative estimate of drug-likeness (QED) is 0.730. The maximum atomic E-state index is 5.77. The van der Waals surface area contributed by atoms with Gasteiger partial charge in [-0.2, -0.15) is 0 Å². The van der Waals surface area contributed by atoms with Crippen LogP contribution in [0.5, 0.6) is 5.75 Å². The van der Waals surface area contributed by atoms with Crippen molar-refractivity contribution >= 4 is 15.9 Å². The summed E-state index contributed by atoms with van der Waals surface area (Å²) < 4.78 is 6.87. The second-order valence-corrected chi connectivity index (χ2v) is 6.11. The average molecular weight is 328 g/mol. The molecule has 0 fully saturated rings. The van der Waals surface area contributed by atoms with Gasteiger partial charge in [-0.05, 0) is 50.4 Å². The molecule has 19 heavy (non-hydrogen) atoms. The number of halogens is 1. The van der Waals surface area contributed by atoms with Gasteiger partial charge < -0.3 is 10.1 Å². The van der Waals surface area contributed by atoms with Crippen LogP contribution in [0.4, 0.5) is 0 Å². The molecule has 0 aromatic heterocycles. The minimum Gasteiger partial charge on any atom is -0.494 e. The molecular weight excluding hydrogens is 302 g/mol. The van der Waals surface area contributed by atoms with E-state index in [1.54, 1.807) is 0 Å². The Morgan fingerprint density at radius 1 is 1.21 bits per heavy atom. The molecule has 1 aromatic rings. The summed E-state index contributed by atoms with van der Waals surface area (Å²) in [6, 6.07) is 6.65. The Kier molecular flexibility index (Phi) is 7.47. The van der Waals surface area contributed by atoms with Crippen LogP contribution in [0.15, 0.2) is 22.7 Å². The van der Waals surface area contributed by atoms with Gasteiger partial charge in [0.05, 0.1) is 6.61 Å². The molecule has 1 N–H and O–H groups in total. The van der Waals surface area contributed by atoms with Crippen LogP contribution in [0.25, 0.3) is 0 Å². The molecule has 1 aromatic carbocycles. The first kappa shape index (κ1) is 16.5. The van der Waals surface area contributed by atoms with Crippen molar-refractivity contribution in [3.63, 3.8) is 0 Å². The minimum absolute atomic E-state index is 0.367. The minimum atomic E-state index is 0.367. The summed E-state index contributed by atoms with van der Waals surface area (Å²) in [5.41, 5.74) is 1.26. The van der Waals surface area contributed by atoms with Gasteiger partial charge in [0.2, 0.25) is 0 Å². The van der Waals surface area contributed by atoms with Gasteiger partial charge in [0.1, 0.15) is 5.75 Å². The van der Waals surface area contributed by atoms with E-state index >= 15 is 0 Å². The molecule has 1 unspecified atom stereocenters. The monoisotopic (exact) mass is 327 g/mol. The number of nitrogens with one attached hydrogen (secondary N) is 1. The van der Waals surface area contributed by atoms with Gasteiger partial charge in [-0.1, -0.05) is 36.7 Å². The Labute approximate surface area is 126 Å². The number of benzene rings is 1. The topological polar surface area (TPSA) is 21.3 Å². The Bertz CT molecular complexity index is 379. The maximum absolute atomic E-state index is 5.77. The lowest BCUT2D eigenvalue weighted by Gasteiger charge is -2.22. The highest BCUT2D eigenvalue weighted by molar-refractivity contribution is 9.10. The normalized spacial score (nSPS) is 12.7. The summed E-state index contributed by atoms with van der Waals surface area (Å²) in [6.07, 6.45) is 2.36. The smallest absolute Gasteiger partial charge is 0.124 e. The van der Waals surface area contributed by atoms with Crippen LogP contribution in [0.3, 0.4) is 0 Å². The zero-order chi connectivity index (χ0) is 14.3. The highest BCUT2D eigenvalue weighted by Crippen LogP contribution is 2.32. The largest absolute Gasteiger partial charge is 0.494 e. The van der Waals surface area contributed by atoms with E-state index in [-0.39, 0.29) is 0 Å². The number of rotatable bonds is 8. The highest BCUT2D eigenvalue weighted by atomic mass is 79.9. The Hall–Kier alpha value is -0.540. The van der Waals surface area contributed by atoms with Crippen LogP contribution < -0.4 is 10.1 Å². The zero-order valence-corrected chi connectivity index (χ0v) is 14.1. The second kappa shape index (κ2) is 8.60. The van der Waals surface area contributed by atoms with E-state index in [2.05, 4.69) is 54.2 Å². The molecule has 0 bridgehead atoms. The molecule has 0 aliphatic carbocycles. The van der Waals surface area contributed by atoms with E-state index in [1.807, 2.05) is 13.0 Å². The van der Waals surface area contributed by atoms with E-state index < -0.39 is 0 Å². The van der Waals surface area contributed by atoms with Crippen molar-refractivity contribution in [1.29, 1.82) is 0 Å². The molecule has 1 rings (SSSR count). The summed E-state index contributed by atoms with van der Waals surface area (Å²) in [5.74, 6) is 1.73. The van der Waals surface area contributed by atoms with Crippen LogP contribution in [-0.2, 0) is 0 Å². The third-order valence-corrected chi connectivity index (χ3v) is 3.62. The van der Waals surface area contributed by atoms with Gasteiger partial charge in [0.15, 0.2) is 0 Å². The third-order valence-electron chi connectivity index (χ3n) is 3.13. The molecule has 0 saturated carbocycles. The standard InChI is InChI=1S/C16H26BrNO/c1-5-18-15(9-7-12(3)4)14-11-13(17)8-10-16(14)19-6-2/h8,10-12,15,18H,5-7,9H2,1-4H3. The number of ether oxygens (including phenoxy) is 1. The Morgan fingerprint density at radius 2 is 1.95 bits per heavy atom. The second-order valence-electron chi connectivity index (χ2n) is 5.20. The van der Waals surface area contributed by atoms with Gasteiger partial charge in [-0.15, -0.1) is 0 Å². The van der Waals surface area contributed by atoms with Gasteiger partial charge in [0.25, 0.3) is 0 Å². The molecule has 0 amide bonds. The van der Waals surface area contributed by atoms with E-state index in [1.165, 1.54) is 12.0 Å². The van der Waals surface area contributed by atoms with Gasteiger partial charge in [-0.3, -0.25) is 0 Å². The van der Waals surface area contributed by atoms with Crippen molar-refractivity contribution in [2.45, 2.75) is 46.6 Å². The molecule has 2 nitrogen and oxygen atoms in total. The summed E-state index contributed by atoms with van der Waals surface area (Å²) in [4.78, 5) is 0. The molecule has 0 heterocycles. The molecule has 0 spiro atoms. The van der Waals surface area contributed by atoms with Crippen LogP contribution in [-0.4, -0.2) is 13.2 Å². The molecule has 1 atom stereocenters. The predicted molar refractivity (Wildman–Crippen MR) is 85.8 cm³/mol. The first-order chi connectivity index (χ1) is 9.08. The summed E-state index contributed by atoms with van der Waals surface area (Å²) in [7, 11) is 0. The van der Waals surface area contributed by atoms with Crippen LogP contribution in [0, 0.1) is 5.92 Å². The summed E-state index contributed by atoms with van der Waals surface area (Å²) in [5, 5.41) is 3.58. The molecule has 3 heteroatoms. The van der Waals surface area contributed by atoms with E-state index in [0.29, 0.717) is 12.6 Å². The molecule has 108 valence electrons. The fraction of sp³-hybridized carbons (Fsp3) is 0.625. The summed E-state index contributed by atoms with van der Waals surface area (Å²) in [6.45, 7) is 10.4. The van der Waals surface area contributed by atoms with Gasteiger partial charge in [0, 0.05) is 16.1 Å². The van der Waals surface area contributed by atoms with Crippen molar-refractivity contribution < 1.29 is 4.74 Å². The number of hydrogen-bond acceptors (Lipinski definition) is 2. The summed E-state index contributed by atoms with van der Waals surface area (Å²) >= 11 is 3.56. The SMILES string of the molecule is CCNC(CCC(C)C)c1cc(Br)ccc1OCC. The first-order valence-electron chi connectivity index (χ1n) is 7.24. The van der Waals surface area contributed by atoms with Crippen molar-refractivity contribution in [1.82, 2.24) is 5.32 Å². The van der Waals surface area contributed by atoms with Crippen molar-refractivity contribution in [3.8, 4) is 5.75 Å². The predicted octanol–water partition coefficient (Wildman–Crippen LogP) is 4.93. The van der Waals surface area contributed by atoms with E-state index in [4.69, 9.17) is 4.74 Å². The first-order valence-corrected chi connectivity index (χ1v) is 8.03. The Balaban J connectivity index is 2.94. The molecule has 0 saturated heterocycles. The van der Waals surface area contributed by atoms with E-state index in [9.17, 15) is 0 Å². The molecular formula is C16H26BrNO. The van der Waals surface area contributed by atoms with Gasteiger partial charge >= 0.3 is 0 Å². The van der Waals surface area contributed by atoms with Gasteiger partial charge in [-0.25, -0.2) is 0 Å². The maximum Gasteiger partial charge on any atom is 0.124 e. The third kappa shape index (κ3) is 5.53. The fourth-order valence-corrected chi connectivity index (χ4v) is 2.57. The average Bonchev–Trinajstić information content (AvgIpc) is 2.37. The van der Waals surface area contributed by atoms with Crippen molar-refractivity contribution in [2.24, 2.45) is 5.92 Å². The highest BCUT2D eigenvalue weighted by Gasteiger charge is 2.16. The van der Waals surface area contributed by atoms with Crippen molar-refractivity contribution in [2.75, 3.05) is 13.2 Å². The van der Waals surface area contributed by atoms with Crippen molar-refractivity contribution in [3.05, 3.63) is 28.2 Å². The fourth-order valence-electron chi connectivity index (χ4n) is 2.19. The van der Waals surface area contributed by atoms with E-state index in [0.717, 1.165) is 29.1 Å². The lowest BCUT2D eigenvalue weighted by Crippen LogP contribution is -2.22. The van der Waals surface area contributed by atoms with Crippen LogP contribution in [0.2, 0.25) is 0 Å². The lowest BCUT2D eigenvalue weighted by molar-refractivity contribution is 0.328. The zero-order valence-electron chi connectivity index (χ0n) is 12.5. The number of hydrogen-bond donors (Lipinski definition) is 1. The van der Waals surface area contributed by atoms with Crippen LogP contribution >= 0.6 is 15.9 Å². The lowest BCUT2D eigenvalue weighted by atomic mass is 9.97. The molecule has 0 aliphatic heterocycles. The Morgan fingerprint density at radius 3 is 2.53 bits per heavy atom. The van der Waals surface area contributed by atoms with Crippen LogP contribution in [0.1, 0.15) is 52.1 Å². The molecule has 0 radical (unpaired) electrons. The molecule has 0 aliphatic rings.